The van der Waals surface area contributed by atoms with Crippen molar-refractivity contribution in [3.05, 3.63) is 71.9 Å². The van der Waals surface area contributed by atoms with Gasteiger partial charge in [-0.1, -0.05) is 20.4 Å². The highest BCUT2D eigenvalue weighted by atomic mass is 19.2. The van der Waals surface area contributed by atoms with Crippen molar-refractivity contribution in [2.75, 3.05) is 0 Å². The summed E-state index contributed by atoms with van der Waals surface area (Å²) in [6.07, 6.45) is 1.79. The van der Waals surface area contributed by atoms with E-state index in [0.29, 0.717) is 24.3 Å². The summed E-state index contributed by atoms with van der Waals surface area (Å²) in [6, 6.07) is 0. The van der Waals surface area contributed by atoms with E-state index in [1.165, 1.54) is 13.8 Å². The SMILES string of the molecule is C=C(F)/C=C(/F)C/C=C(F)\C=C(\F)C/C=C(F)\C=C(\F)C(C)C. The van der Waals surface area contributed by atoms with Crippen molar-refractivity contribution in [2.45, 2.75) is 26.7 Å². The maximum absolute atomic E-state index is 13.3. The fraction of sp³-hybridized carbons (Fsp3) is 0.294. The summed E-state index contributed by atoms with van der Waals surface area (Å²) in [4.78, 5) is 0. The number of halogens is 6. The third kappa shape index (κ3) is 11.3. The van der Waals surface area contributed by atoms with Gasteiger partial charge in [0, 0.05) is 37.0 Å². The first-order chi connectivity index (χ1) is 10.6. The van der Waals surface area contributed by atoms with Crippen molar-refractivity contribution in [1.29, 1.82) is 0 Å². The third-order valence-electron chi connectivity index (χ3n) is 2.42. The summed E-state index contributed by atoms with van der Waals surface area (Å²) in [7, 11) is 0. The topological polar surface area (TPSA) is 0 Å². The van der Waals surface area contributed by atoms with E-state index >= 15 is 0 Å². The zero-order valence-electron chi connectivity index (χ0n) is 12.9. The second kappa shape index (κ2) is 10.7. The Morgan fingerprint density at radius 1 is 0.783 bits per heavy atom. The molecule has 0 N–H and O–H groups in total. The van der Waals surface area contributed by atoms with Gasteiger partial charge < -0.3 is 0 Å². The van der Waals surface area contributed by atoms with Crippen LogP contribution in [0.25, 0.3) is 0 Å². The minimum atomic E-state index is -1.10. The van der Waals surface area contributed by atoms with E-state index in [1.54, 1.807) is 0 Å². The van der Waals surface area contributed by atoms with Crippen LogP contribution in [-0.4, -0.2) is 0 Å². The second-order valence-corrected chi connectivity index (χ2v) is 4.90. The summed E-state index contributed by atoms with van der Waals surface area (Å²) in [5.41, 5.74) is 0. The van der Waals surface area contributed by atoms with Crippen molar-refractivity contribution >= 4 is 0 Å². The molecule has 0 aliphatic rings. The zero-order chi connectivity index (χ0) is 18.0. The van der Waals surface area contributed by atoms with E-state index in [1.807, 2.05) is 0 Å². The smallest absolute Gasteiger partial charge is 0.122 e. The zero-order valence-corrected chi connectivity index (χ0v) is 12.9. The van der Waals surface area contributed by atoms with Gasteiger partial charge in [-0.05, 0) is 12.2 Å². The lowest BCUT2D eigenvalue weighted by Gasteiger charge is -1.99. The molecule has 0 rings (SSSR count). The average molecular weight is 336 g/mol. The monoisotopic (exact) mass is 336 g/mol. The summed E-state index contributed by atoms with van der Waals surface area (Å²) in [5.74, 6) is -6.34. The average Bonchev–Trinajstić information content (AvgIpc) is 2.42. The van der Waals surface area contributed by atoms with Gasteiger partial charge in [0.25, 0.3) is 0 Å². The Kier molecular flexibility index (Phi) is 9.78. The normalized spacial score (nSPS) is 15.4. The number of rotatable bonds is 8. The number of allylic oxidation sites excluding steroid dienone is 11. The maximum Gasteiger partial charge on any atom is 0.122 e. The molecule has 0 fully saturated rings. The fourth-order valence-electron chi connectivity index (χ4n) is 1.24. The molecule has 0 aromatic heterocycles. The molecule has 0 bridgehead atoms. The lowest BCUT2D eigenvalue weighted by atomic mass is 10.1. The van der Waals surface area contributed by atoms with E-state index in [9.17, 15) is 26.3 Å². The molecule has 0 spiro atoms. The van der Waals surface area contributed by atoms with Crippen molar-refractivity contribution in [2.24, 2.45) is 5.92 Å². The molecule has 6 heteroatoms. The van der Waals surface area contributed by atoms with Gasteiger partial charge in [-0.3, -0.25) is 0 Å². The van der Waals surface area contributed by atoms with Crippen LogP contribution in [0.3, 0.4) is 0 Å². The van der Waals surface area contributed by atoms with Crippen LogP contribution in [0.4, 0.5) is 26.3 Å². The summed E-state index contributed by atoms with van der Waals surface area (Å²) < 4.78 is 78.0. The lowest BCUT2D eigenvalue weighted by Crippen LogP contribution is -1.86. The fourth-order valence-corrected chi connectivity index (χ4v) is 1.24. The predicted octanol–water partition coefficient (Wildman–Crippen LogP) is 7.17. The summed E-state index contributed by atoms with van der Waals surface area (Å²) >= 11 is 0. The summed E-state index contributed by atoms with van der Waals surface area (Å²) in [6.45, 7) is 5.84. The van der Waals surface area contributed by atoms with Gasteiger partial charge in [0.15, 0.2) is 0 Å². The predicted molar refractivity (Wildman–Crippen MR) is 80.3 cm³/mol. The standard InChI is InChI=1S/C17H18F6/c1-11(2)17(23)10-16(22)7-6-15(21)9-14(20)5-4-13(19)8-12(3)18/h5,7-11H,3-4,6H2,1-2H3/b13-8+,14-5+,15-9+,16-7+,17-10+. The minimum absolute atomic E-state index is 0.434. The van der Waals surface area contributed by atoms with E-state index in [4.69, 9.17) is 0 Å². The van der Waals surface area contributed by atoms with Gasteiger partial charge in [0.2, 0.25) is 0 Å². The van der Waals surface area contributed by atoms with Crippen LogP contribution in [0.2, 0.25) is 0 Å². The Bertz CT molecular complexity index is 562. The van der Waals surface area contributed by atoms with Crippen molar-refractivity contribution in [3.8, 4) is 0 Å². The number of hydrogen-bond acceptors (Lipinski definition) is 0. The Morgan fingerprint density at radius 3 is 1.65 bits per heavy atom. The van der Waals surface area contributed by atoms with Crippen molar-refractivity contribution < 1.29 is 26.3 Å². The molecule has 0 aliphatic carbocycles. The van der Waals surface area contributed by atoms with Crippen LogP contribution in [0.15, 0.2) is 71.9 Å². The molecule has 0 unspecified atom stereocenters. The molecule has 0 atom stereocenters. The van der Waals surface area contributed by atoms with Crippen LogP contribution < -0.4 is 0 Å². The molecule has 0 saturated heterocycles. The first kappa shape index (κ1) is 21.0. The van der Waals surface area contributed by atoms with Gasteiger partial charge in [0.05, 0.1) is 0 Å². The Labute approximate surface area is 131 Å². The van der Waals surface area contributed by atoms with E-state index in [-0.39, 0.29) is 0 Å². The van der Waals surface area contributed by atoms with Gasteiger partial charge in [-0.25, -0.2) is 26.3 Å². The van der Waals surface area contributed by atoms with E-state index in [0.717, 1.165) is 6.08 Å². The molecule has 0 radical (unpaired) electrons. The number of hydrogen-bond donors (Lipinski definition) is 0. The molecular weight excluding hydrogens is 318 g/mol. The van der Waals surface area contributed by atoms with Crippen LogP contribution in [0.1, 0.15) is 26.7 Å². The van der Waals surface area contributed by atoms with Gasteiger partial charge in [-0.2, -0.15) is 0 Å². The molecule has 0 amide bonds. The highest BCUT2D eigenvalue weighted by molar-refractivity contribution is 5.22. The minimum Gasteiger partial charge on any atom is -0.211 e. The molecule has 0 aliphatic heterocycles. The molecular formula is C17H18F6. The first-order valence-corrected chi connectivity index (χ1v) is 6.76. The van der Waals surface area contributed by atoms with Crippen molar-refractivity contribution in [1.82, 2.24) is 0 Å². The van der Waals surface area contributed by atoms with E-state index in [2.05, 4.69) is 6.58 Å². The Morgan fingerprint density at radius 2 is 1.22 bits per heavy atom. The molecule has 0 heterocycles. The van der Waals surface area contributed by atoms with Crippen molar-refractivity contribution in [3.63, 3.8) is 0 Å². The van der Waals surface area contributed by atoms with Gasteiger partial charge >= 0.3 is 0 Å². The van der Waals surface area contributed by atoms with Gasteiger partial charge in [-0.15, -0.1) is 0 Å². The van der Waals surface area contributed by atoms with Crippen LogP contribution in [-0.2, 0) is 0 Å². The lowest BCUT2D eigenvalue weighted by molar-refractivity contribution is 0.511. The Hall–Kier alpha value is -1.98. The molecule has 23 heavy (non-hydrogen) atoms. The molecule has 0 saturated carbocycles. The van der Waals surface area contributed by atoms with Crippen LogP contribution >= 0.6 is 0 Å². The molecule has 0 aromatic carbocycles. The van der Waals surface area contributed by atoms with Gasteiger partial charge in [0.1, 0.15) is 35.0 Å². The molecule has 0 nitrogen and oxygen atoms in total. The highest BCUT2D eigenvalue weighted by Gasteiger charge is 2.03. The highest BCUT2D eigenvalue weighted by Crippen LogP contribution is 2.18. The molecule has 0 aromatic rings. The third-order valence-corrected chi connectivity index (χ3v) is 2.42. The van der Waals surface area contributed by atoms with Crippen LogP contribution in [0.5, 0.6) is 0 Å². The van der Waals surface area contributed by atoms with Crippen LogP contribution in [0, 0.1) is 5.92 Å². The maximum atomic E-state index is 13.3. The summed E-state index contributed by atoms with van der Waals surface area (Å²) in [5, 5.41) is 0. The Balaban J connectivity index is 4.72. The second-order valence-electron chi connectivity index (χ2n) is 4.90. The first-order valence-electron chi connectivity index (χ1n) is 6.76. The van der Waals surface area contributed by atoms with E-state index < -0.39 is 53.7 Å². The largest absolute Gasteiger partial charge is 0.211 e. The quantitative estimate of drug-likeness (QED) is 0.325. The molecule has 128 valence electrons.